The maximum Gasteiger partial charge on any atom is 0.183 e. The Balaban J connectivity index is 0.00000161. The smallest absolute Gasteiger partial charge is 0.183 e. The summed E-state index contributed by atoms with van der Waals surface area (Å²) in [6.07, 6.45) is 0. The fourth-order valence-electron chi connectivity index (χ4n) is 1.80. The van der Waals surface area contributed by atoms with Crippen LogP contribution in [0.1, 0.15) is 9.67 Å². The van der Waals surface area contributed by atoms with Gasteiger partial charge in [-0.25, -0.2) is 4.98 Å². The molecule has 3 aromatic rings. The normalized spacial score (nSPS) is 10.3. The second-order valence-corrected chi connectivity index (χ2v) is 6.03. The molecule has 0 aliphatic rings. The van der Waals surface area contributed by atoms with Gasteiger partial charge in [-0.05, 0) is 23.6 Å². The highest BCUT2D eigenvalue weighted by Gasteiger charge is 2.10. The van der Waals surface area contributed by atoms with Crippen molar-refractivity contribution < 1.29 is 9.53 Å². The van der Waals surface area contributed by atoms with Crippen LogP contribution in [0, 0.1) is 0 Å². The number of methoxy groups -OCH3 is 1. The molecule has 0 spiro atoms. The minimum absolute atomic E-state index is 0. The first-order chi connectivity index (χ1) is 9.76. The zero-order valence-corrected chi connectivity index (χ0v) is 14.5. The Morgan fingerprint density at radius 1 is 1.43 bits per heavy atom. The van der Waals surface area contributed by atoms with E-state index in [1.165, 1.54) is 23.1 Å². The molecule has 0 fully saturated rings. The number of carbonyl (C=O) groups is 1. The molecule has 7 heteroatoms. The summed E-state index contributed by atoms with van der Waals surface area (Å²) in [6, 6.07) is 9.39. The van der Waals surface area contributed by atoms with Crippen molar-refractivity contribution >= 4 is 56.9 Å². The predicted octanol–water partition coefficient (Wildman–Crippen LogP) is 4.19. The SMILES string of the molecule is Br.COc1ccc2nc(SCC(=O)c3cccs3)[nH]c2c1. The Hall–Kier alpha value is -1.31. The van der Waals surface area contributed by atoms with Gasteiger partial charge in [0.2, 0.25) is 0 Å². The number of thioether (sulfide) groups is 1. The number of Topliss-reactive ketones (excluding diaryl/α,β-unsaturated/α-hetero) is 1. The number of nitrogens with one attached hydrogen (secondary N) is 1. The summed E-state index contributed by atoms with van der Waals surface area (Å²) in [4.78, 5) is 20.3. The minimum Gasteiger partial charge on any atom is -0.497 e. The lowest BCUT2D eigenvalue weighted by Gasteiger charge is -1.96. The number of rotatable bonds is 5. The van der Waals surface area contributed by atoms with E-state index in [4.69, 9.17) is 4.74 Å². The van der Waals surface area contributed by atoms with Gasteiger partial charge in [0.05, 0.1) is 28.8 Å². The average Bonchev–Trinajstić information content (AvgIpc) is 3.12. The number of aromatic amines is 1. The molecule has 1 N–H and O–H groups in total. The number of benzene rings is 1. The minimum atomic E-state index is 0. The number of hydrogen-bond acceptors (Lipinski definition) is 5. The van der Waals surface area contributed by atoms with E-state index < -0.39 is 0 Å². The zero-order chi connectivity index (χ0) is 13.9. The van der Waals surface area contributed by atoms with E-state index in [1.54, 1.807) is 7.11 Å². The molecule has 2 heterocycles. The summed E-state index contributed by atoms with van der Waals surface area (Å²) in [7, 11) is 1.63. The number of hydrogen-bond donors (Lipinski definition) is 1. The van der Waals surface area contributed by atoms with E-state index in [2.05, 4.69) is 9.97 Å². The van der Waals surface area contributed by atoms with Crippen molar-refractivity contribution in [2.45, 2.75) is 5.16 Å². The van der Waals surface area contributed by atoms with Crippen LogP contribution in [0.15, 0.2) is 40.9 Å². The fourth-order valence-corrected chi connectivity index (χ4v) is 3.33. The topological polar surface area (TPSA) is 55.0 Å². The average molecular weight is 385 g/mol. The maximum absolute atomic E-state index is 11.9. The number of aromatic nitrogens is 2. The van der Waals surface area contributed by atoms with Gasteiger partial charge in [-0.15, -0.1) is 28.3 Å². The van der Waals surface area contributed by atoms with Crippen LogP contribution in [-0.2, 0) is 0 Å². The van der Waals surface area contributed by atoms with Crippen LogP contribution in [0.2, 0.25) is 0 Å². The Bertz CT molecular complexity index is 741. The van der Waals surface area contributed by atoms with Crippen LogP contribution in [0.25, 0.3) is 11.0 Å². The van der Waals surface area contributed by atoms with E-state index in [0.717, 1.165) is 26.8 Å². The monoisotopic (exact) mass is 384 g/mol. The number of carbonyl (C=O) groups excluding carboxylic acids is 1. The second-order valence-electron chi connectivity index (χ2n) is 4.11. The Morgan fingerprint density at radius 2 is 2.29 bits per heavy atom. The number of thiophene rings is 1. The van der Waals surface area contributed by atoms with Crippen LogP contribution in [0.5, 0.6) is 5.75 Å². The Morgan fingerprint density at radius 3 is 3.00 bits per heavy atom. The van der Waals surface area contributed by atoms with Crippen molar-refractivity contribution in [2.75, 3.05) is 12.9 Å². The van der Waals surface area contributed by atoms with Crippen molar-refractivity contribution in [2.24, 2.45) is 0 Å². The molecule has 110 valence electrons. The number of imidazole rings is 1. The van der Waals surface area contributed by atoms with E-state index >= 15 is 0 Å². The largest absolute Gasteiger partial charge is 0.497 e. The first-order valence-corrected chi connectivity index (χ1v) is 7.86. The van der Waals surface area contributed by atoms with E-state index in [9.17, 15) is 4.79 Å². The van der Waals surface area contributed by atoms with Gasteiger partial charge in [0, 0.05) is 6.07 Å². The highest BCUT2D eigenvalue weighted by atomic mass is 79.9. The molecule has 3 rings (SSSR count). The van der Waals surface area contributed by atoms with Gasteiger partial charge in [-0.1, -0.05) is 17.8 Å². The zero-order valence-electron chi connectivity index (χ0n) is 11.2. The molecule has 21 heavy (non-hydrogen) atoms. The number of nitrogens with zero attached hydrogens (tertiary/aromatic N) is 1. The summed E-state index contributed by atoms with van der Waals surface area (Å²) < 4.78 is 5.17. The molecule has 1 aromatic carbocycles. The number of ketones is 1. The van der Waals surface area contributed by atoms with Gasteiger partial charge in [0.1, 0.15) is 5.75 Å². The van der Waals surface area contributed by atoms with E-state index in [1.807, 2.05) is 35.7 Å². The molecule has 0 saturated carbocycles. The number of H-pyrrole nitrogens is 1. The third-order valence-electron chi connectivity index (χ3n) is 2.80. The van der Waals surface area contributed by atoms with Crippen LogP contribution in [-0.4, -0.2) is 28.6 Å². The molecule has 0 atom stereocenters. The summed E-state index contributed by atoms with van der Waals surface area (Å²) >= 11 is 2.88. The van der Waals surface area contributed by atoms with Crippen LogP contribution in [0.3, 0.4) is 0 Å². The second kappa shape index (κ2) is 7.11. The third kappa shape index (κ3) is 3.66. The number of fused-ring (bicyclic) bond motifs is 1. The third-order valence-corrected chi connectivity index (χ3v) is 4.59. The lowest BCUT2D eigenvalue weighted by Crippen LogP contribution is -1.99. The lowest BCUT2D eigenvalue weighted by atomic mass is 10.3. The van der Waals surface area contributed by atoms with Crippen LogP contribution < -0.4 is 4.74 Å². The van der Waals surface area contributed by atoms with Gasteiger partial charge in [-0.3, -0.25) is 4.79 Å². The maximum atomic E-state index is 11.9. The molecule has 0 unspecified atom stereocenters. The van der Waals surface area contributed by atoms with Crippen molar-refractivity contribution in [1.29, 1.82) is 0 Å². The summed E-state index contributed by atoms with van der Waals surface area (Å²) in [5.41, 5.74) is 1.78. The van der Waals surface area contributed by atoms with E-state index in [0.29, 0.717) is 5.75 Å². The van der Waals surface area contributed by atoms with Crippen molar-refractivity contribution in [1.82, 2.24) is 9.97 Å². The van der Waals surface area contributed by atoms with Crippen molar-refractivity contribution in [3.05, 3.63) is 40.6 Å². The van der Waals surface area contributed by atoms with Gasteiger partial charge in [-0.2, -0.15) is 0 Å². The first-order valence-electron chi connectivity index (χ1n) is 5.99. The van der Waals surface area contributed by atoms with Gasteiger partial charge in [0.15, 0.2) is 10.9 Å². The standard InChI is InChI=1S/C14H12N2O2S2.BrH/c1-18-9-4-5-10-11(7-9)16-14(15-10)20-8-12(17)13-3-2-6-19-13;/h2-7H,8H2,1H3,(H,15,16);1H. The highest BCUT2D eigenvalue weighted by molar-refractivity contribution is 8.93. The summed E-state index contributed by atoms with van der Waals surface area (Å²) in [6.45, 7) is 0. The molecule has 0 aliphatic heterocycles. The molecule has 0 aliphatic carbocycles. The van der Waals surface area contributed by atoms with Gasteiger partial charge >= 0.3 is 0 Å². The van der Waals surface area contributed by atoms with Crippen LogP contribution in [0.4, 0.5) is 0 Å². The van der Waals surface area contributed by atoms with Crippen molar-refractivity contribution in [3.8, 4) is 5.75 Å². The fraction of sp³-hybridized carbons (Fsp3) is 0.143. The van der Waals surface area contributed by atoms with Gasteiger partial charge in [0.25, 0.3) is 0 Å². The molecular formula is C14H13BrN2O2S2. The number of ether oxygens (including phenoxy) is 1. The lowest BCUT2D eigenvalue weighted by molar-refractivity contribution is 0.102. The summed E-state index contributed by atoms with van der Waals surface area (Å²) in [5.74, 6) is 1.30. The van der Waals surface area contributed by atoms with Gasteiger partial charge < -0.3 is 9.72 Å². The quantitative estimate of drug-likeness (QED) is 0.529. The van der Waals surface area contributed by atoms with Crippen LogP contribution >= 0.6 is 40.1 Å². The molecular weight excluding hydrogens is 372 g/mol. The molecule has 0 amide bonds. The highest BCUT2D eigenvalue weighted by Crippen LogP contribution is 2.24. The number of halogens is 1. The molecule has 0 radical (unpaired) electrons. The molecule has 2 aromatic heterocycles. The molecule has 4 nitrogen and oxygen atoms in total. The van der Waals surface area contributed by atoms with E-state index in [-0.39, 0.29) is 22.8 Å². The Kier molecular flexibility index (Phi) is 5.44. The predicted molar refractivity (Wildman–Crippen MR) is 92.3 cm³/mol. The Labute approximate surface area is 140 Å². The summed E-state index contributed by atoms with van der Waals surface area (Å²) in [5, 5.41) is 2.66. The van der Waals surface area contributed by atoms with Crippen molar-refractivity contribution in [3.63, 3.8) is 0 Å². The molecule has 0 saturated heterocycles. The molecule has 0 bridgehead atoms. The first kappa shape index (κ1) is 16.1.